The molecular weight excluding hydrogens is 374 g/mol. The van der Waals surface area contributed by atoms with Crippen LogP contribution in [-0.2, 0) is 14.8 Å². The first-order chi connectivity index (χ1) is 12.3. The van der Waals surface area contributed by atoms with Crippen molar-refractivity contribution in [1.82, 2.24) is 4.98 Å². The summed E-state index contributed by atoms with van der Waals surface area (Å²) in [4.78, 5) is 18.7. The maximum Gasteiger partial charge on any atom is 0.264 e. The molecule has 140 valence electrons. The molecular formula is C17H21N3O4S2. The highest BCUT2D eigenvalue weighted by Gasteiger charge is 2.23. The highest BCUT2D eigenvalue weighted by atomic mass is 32.2. The maximum atomic E-state index is 12.1. The number of hydrogen-bond donors (Lipinski definition) is 1. The number of carbonyl (C=O) groups is 1. The molecule has 3 rings (SSSR count). The summed E-state index contributed by atoms with van der Waals surface area (Å²) in [5, 5.41) is 0.354. The summed E-state index contributed by atoms with van der Waals surface area (Å²) in [6, 6.07) is 5.50. The number of ether oxygens (including phenoxy) is 1. The number of unbranched alkanes of at least 4 members (excludes halogenated alkanes) is 1. The van der Waals surface area contributed by atoms with Crippen LogP contribution < -0.4 is 14.4 Å². The number of benzene rings is 1. The second kappa shape index (κ2) is 7.24. The summed E-state index contributed by atoms with van der Waals surface area (Å²) in [5.74, 6) is 0.610. The second-order valence-electron chi connectivity index (χ2n) is 6.12. The van der Waals surface area contributed by atoms with Crippen LogP contribution in [0.3, 0.4) is 0 Å². The Hall–Kier alpha value is -2.13. The first-order valence-corrected chi connectivity index (χ1v) is 10.8. The Bertz CT molecular complexity index is 937. The van der Waals surface area contributed by atoms with E-state index in [0.717, 1.165) is 16.9 Å². The molecule has 0 aliphatic carbocycles. The zero-order chi connectivity index (χ0) is 18.9. The molecule has 1 aliphatic rings. The standard InChI is InChI=1S/C17H21N3O4S2/c1-4-5-8-26(22,23)19-17-18-16(11(2)25-17)12-6-7-14-13(9-12)20(3)15(21)10-24-14/h6-7,9H,4-5,8,10H2,1-3H3,(H,18,19). The molecule has 1 amide bonds. The summed E-state index contributed by atoms with van der Waals surface area (Å²) in [5.41, 5.74) is 2.18. The van der Waals surface area contributed by atoms with E-state index in [1.807, 2.05) is 26.0 Å². The van der Waals surface area contributed by atoms with Crippen molar-refractivity contribution in [1.29, 1.82) is 0 Å². The first kappa shape index (κ1) is 18.7. The van der Waals surface area contributed by atoms with Crippen LogP contribution in [0.1, 0.15) is 24.6 Å². The van der Waals surface area contributed by atoms with Crippen molar-refractivity contribution in [2.24, 2.45) is 0 Å². The number of hydrogen-bond acceptors (Lipinski definition) is 6. The predicted molar refractivity (Wildman–Crippen MR) is 104 cm³/mol. The Morgan fingerprint density at radius 2 is 2.15 bits per heavy atom. The number of aryl methyl sites for hydroxylation is 1. The number of fused-ring (bicyclic) bond motifs is 1. The molecule has 7 nitrogen and oxygen atoms in total. The zero-order valence-corrected chi connectivity index (χ0v) is 16.5. The summed E-state index contributed by atoms with van der Waals surface area (Å²) < 4.78 is 32.2. The molecule has 0 saturated carbocycles. The molecule has 0 radical (unpaired) electrons. The number of nitrogens with zero attached hydrogens (tertiary/aromatic N) is 2. The number of aromatic nitrogens is 1. The number of carbonyl (C=O) groups excluding carboxylic acids is 1. The van der Waals surface area contributed by atoms with Crippen LogP contribution in [0.2, 0.25) is 0 Å². The Kier molecular flexibility index (Phi) is 5.19. The van der Waals surface area contributed by atoms with Crippen LogP contribution in [0.25, 0.3) is 11.3 Å². The van der Waals surface area contributed by atoms with Gasteiger partial charge in [-0.15, -0.1) is 11.3 Å². The number of nitrogens with one attached hydrogen (secondary N) is 1. The lowest BCUT2D eigenvalue weighted by atomic mass is 10.1. The second-order valence-corrected chi connectivity index (χ2v) is 9.17. The van der Waals surface area contributed by atoms with Gasteiger partial charge >= 0.3 is 0 Å². The lowest BCUT2D eigenvalue weighted by Gasteiger charge is -2.26. The average Bonchev–Trinajstić information content (AvgIpc) is 2.95. The molecule has 1 N–H and O–H groups in total. The lowest BCUT2D eigenvalue weighted by molar-refractivity contribution is -0.120. The molecule has 0 saturated heterocycles. The fraction of sp³-hybridized carbons (Fsp3) is 0.412. The fourth-order valence-electron chi connectivity index (χ4n) is 2.65. The molecule has 0 unspecified atom stereocenters. The third-order valence-corrected chi connectivity index (χ3v) is 6.47. The summed E-state index contributed by atoms with van der Waals surface area (Å²) >= 11 is 1.30. The van der Waals surface area contributed by atoms with Crippen LogP contribution in [0.5, 0.6) is 5.75 Å². The highest BCUT2D eigenvalue weighted by molar-refractivity contribution is 7.92. The smallest absolute Gasteiger partial charge is 0.264 e. The monoisotopic (exact) mass is 395 g/mol. The van der Waals surface area contributed by atoms with Gasteiger partial charge in [-0.05, 0) is 31.5 Å². The van der Waals surface area contributed by atoms with Gasteiger partial charge in [-0.2, -0.15) is 0 Å². The molecule has 2 aromatic rings. The predicted octanol–water partition coefficient (Wildman–Crippen LogP) is 3.02. The van der Waals surface area contributed by atoms with Gasteiger partial charge in [0.05, 0.1) is 17.1 Å². The van der Waals surface area contributed by atoms with E-state index in [9.17, 15) is 13.2 Å². The third kappa shape index (κ3) is 3.83. The van der Waals surface area contributed by atoms with Crippen LogP contribution in [-0.4, -0.2) is 38.7 Å². The summed E-state index contributed by atoms with van der Waals surface area (Å²) in [6.45, 7) is 3.87. The number of sulfonamides is 1. The van der Waals surface area contributed by atoms with Gasteiger partial charge in [0.1, 0.15) is 5.75 Å². The van der Waals surface area contributed by atoms with E-state index >= 15 is 0 Å². The number of thiazole rings is 1. The largest absolute Gasteiger partial charge is 0.482 e. The molecule has 9 heteroatoms. The van der Waals surface area contributed by atoms with E-state index in [0.29, 0.717) is 28.7 Å². The van der Waals surface area contributed by atoms with Crippen molar-refractivity contribution in [3.63, 3.8) is 0 Å². The zero-order valence-electron chi connectivity index (χ0n) is 14.9. The van der Waals surface area contributed by atoms with Crippen molar-refractivity contribution >= 4 is 38.1 Å². The number of amides is 1. The molecule has 1 aliphatic heterocycles. The van der Waals surface area contributed by atoms with E-state index in [1.54, 1.807) is 18.0 Å². The molecule has 0 atom stereocenters. The minimum absolute atomic E-state index is 0.0300. The first-order valence-electron chi connectivity index (χ1n) is 8.32. The SMILES string of the molecule is CCCCS(=O)(=O)Nc1nc(-c2ccc3c(c2)N(C)C(=O)CO3)c(C)s1. The summed E-state index contributed by atoms with van der Waals surface area (Å²) in [7, 11) is -1.68. The summed E-state index contributed by atoms with van der Waals surface area (Å²) in [6.07, 6.45) is 1.42. The van der Waals surface area contributed by atoms with Crippen molar-refractivity contribution < 1.29 is 17.9 Å². The van der Waals surface area contributed by atoms with Gasteiger partial charge in [0.2, 0.25) is 10.0 Å². The normalized spacial score (nSPS) is 14.1. The Morgan fingerprint density at radius 3 is 2.88 bits per heavy atom. The van der Waals surface area contributed by atoms with Crippen molar-refractivity contribution in [2.45, 2.75) is 26.7 Å². The molecule has 0 bridgehead atoms. The minimum atomic E-state index is -3.39. The number of likely N-dealkylation sites (N-methyl/N-ethyl adjacent to an activating group) is 1. The molecule has 0 spiro atoms. The Morgan fingerprint density at radius 1 is 1.38 bits per heavy atom. The van der Waals surface area contributed by atoms with Crippen molar-refractivity contribution in [3.05, 3.63) is 23.1 Å². The van der Waals surface area contributed by atoms with Crippen LogP contribution in [0, 0.1) is 6.92 Å². The van der Waals surface area contributed by atoms with Crippen LogP contribution >= 0.6 is 11.3 Å². The number of rotatable bonds is 6. The van der Waals surface area contributed by atoms with Gasteiger partial charge < -0.3 is 9.64 Å². The Labute approximate surface area is 157 Å². The molecule has 2 heterocycles. The van der Waals surface area contributed by atoms with Gasteiger partial charge in [0.25, 0.3) is 5.91 Å². The van der Waals surface area contributed by atoms with Gasteiger partial charge in [-0.25, -0.2) is 13.4 Å². The minimum Gasteiger partial charge on any atom is -0.482 e. The van der Waals surface area contributed by atoms with Crippen molar-refractivity contribution in [3.8, 4) is 17.0 Å². The van der Waals surface area contributed by atoms with Gasteiger partial charge in [-0.1, -0.05) is 13.3 Å². The molecule has 1 aromatic carbocycles. The lowest BCUT2D eigenvalue weighted by Crippen LogP contribution is -2.35. The van der Waals surface area contributed by atoms with Crippen LogP contribution in [0.4, 0.5) is 10.8 Å². The highest BCUT2D eigenvalue weighted by Crippen LogP contribution is 2.38. The van der Waals surface area contributed by atoms with E-state index in [4.69, 9.17) is 4.74 Å². The van der Waals surface area contributed by atoms with E-state index < -0.39 is 10.0 Å². The Balaban J connectivity index is 1.89. The number of anilines is 2. The van der Waals surface area contributed by atoms with Gasteiger partial charge in [0, 0.05) is 17.5 Å². The molecule has 1 aromatic heterocycles. The fourth-order valence-corrected chi connectivity index (χ4v) is 4.96. The molecule has 0 fully saturated rings. The van der Waals surface area contributed by atoms with E-state index in [1.165, 1.54) is 11.3 Å². The van der Waals surface area contributed by atoms with E-state index in [-0.39, 0.29) is 18.3 Å². The van der Waals surface area contributed by atoms with E-state index in [2.05, 4.69) is 9.71 Å². The maximum absolute atomic E-state index is 12.1. The van der Waals surface area contributed by atoms with Crippen LogP contribution in [0.15, 0.2) is 18.2 Å². The van der Waals surface area contributed by atoms with Gasteiger partial charge in [0.15, 0.2) is 11.7 Å². The molecule has 26 heavy (non-hydrogen) atoms. The topological polar surface area (TPSA) is 88.6 Å². The average molecular weight is 396 g/mol. The van der Waals surface area contributed by atoms with Crippen molar-refractivity contribution in [2.75, 3.05) is 29.0 Å². The quantitative estimate of drug-likeness (QED) is 0.812. The van der Waals surface area contributed by atoms with Gasteiger partial charge in [-0.3, -0.25) is 9.52 Å². The third-order valence-electron chi connectivity index (χ3n) is 4.13.